The van der Waals surface area contributed by atoms with Gasteiger partial charge in [-0.05, 0) is 30.3 Å². The van der Waals surface area contributed by atoms with Crippen molar-refractivity contribution in [2.75, 3.05) is 11.9 Å². The first-order chi connectivity index (χ1) is 16.0. The number of benzene rings is 1. The smallest absolute Gasteiger partial charge is 0.276 e. The second-order valence-corrected chi connectivity index (χ2v) is 9.51. The number of rotatable bonds is 9. The summed E-state index contributed by atoms with van der Waals surface area (Å²) >= 11 is 3.62. The lowest BCUT2D eigenvalue weighted by molar-refractivity contribution is 0.101. The van der Waals surface area contributed by atoms with Gasteiger partial charge in [0, 0.05) is 36.7 Å². The molecular weight excluding hydrogens is 493 g/mol. The van der Waals surface area contributed by atoms with Crippen molar-refractivity contribution in [2.45, 2.75) is 24.2 Å². The molecule has 2 N–H and O–H groups in total. The molecule has 0 unspecified atom stereocenters. The first kappa shape index (κ1) is 25.6. The molecule has 182 valence electrons. The summed E-state index contributed by atoms with van der Waals surface area (Å²) in [6.07, 6.45) is -0.328. The number of anilines is 1. The Hall–Kier alpha value is -3.03. The fourth-order valence-electron chi connectivity index (χ4n) is 3.16. The molecule has 2 aromatic heterocycles. The zero-order valence-electron chi connectivity index (χ0n) is 18.0. The number of aryl methyl sites for hydroxylation is 1. The van der Waals surface area contributed by atoms with Gasteiger partial charge in [0.25, 0.3) is 22.4 Å². The monoisotopic (exact) mass is 514 g/mol. The van der Waals surface area contributed by atoms with Gasteiger partial charge in [-0.2, -0.15) is 4.13 Å². The van der Waals surface area contributed by atoms with Crippen LogP contribution in [0.4, 0.5) is 18.9 Å². The van der Waals surface area contributed by atoms with Crippen LogP contribution in [0.2, 0.25) is 0 Å². The standard InChI is InChI=1S/C21H21F3N4O4S2/c1-12(16-5-3-4-8-25-16)11-32-19-17(34(30,31)27-33)10-28(2)18(19)21(29)26-13-6-7-15(22)14(9-13)20(23)24/h3-10,12,20,27,33H,11H2,1-2H3,(H,26,29)/t12-/m0/s1. The van der Waals surface area contributed by atoms with Gasteiger partial charge in [0.2, 0.25) is 0 Å². The van der Waals surface area contributed by atoms with Crippen molar-refractivity contribution in [1.29, 1.82) is 0 Å². The highest BCUT2D eigenvalue weighted by molar-refractivity contribution is 8.00. The minimum atomic E-state index is -4.15. The van der Waals surface area contributed by atoms with E-state index in [-0.39, 0.29) is 34.6 Å². The minimum absolute atomic E-state index is 0.0253. The van der Waals surface area contributed by atoms with Crippen molar-refractivity contribution < 1.29 is 31.1 Å². The third kappa shape index (κ3) is 5.54. The SMILES string of the molecule is C[C@@H](COc1c(S(=O)(=O)NS)cn(C)c1C(=O)Nc1ccc(F)c(C(F)F)c1)c1ccccn1. The van der Waals surface area contributed by atoms with Crippen molar-refractivity contribution in [3.8, 4) is 5.75 Å². The summed E-state index contributed by atoms with van der Waals surface area (Å²) in [6.45, 7) is 1.78. The molecule has 2 heterocycles. The average Bonchev–Trinajstić information content (AvgIpc) is 3.16. The predicted octanol–water partition coefficient (Wildman–Crippen LogP) is 4.05. The van der Waals surface area contributed by atoms with E-state index in [9.17, 15) is 26.4 Å². The lowest BCUT2D eigenvalue weighted by Crippen LogP contribution is -2.19. The van der Waals surface area contributed by atoms with E-state index < -0.39 is 33.7 Å². The Bertz CT molecular complexity index is 1280. The Labute approximate surface area is 199 Å². The van der Waals surface area contributed by atoms with E-state index in [1.807, 2.05) is 4.13 Å². The molecule has 0 fully saturated rings. The summed E-state index contributed by atoms with van der Waals surface area (Å²) in [5.74, 6) is -2.49. The van der Waals surface area contributed by atoms with E-state index in [0.29, 0.717) is 5.69 Å². The van der Waals surface area contributed by atoms with Crippen LogP contribution in [0.5, 0.6) is 5.75 Å². The molecule has 3 rings (SSSR count). The fraction of sp³-hybridized carbons (Fsp3) is 0.238. The number of halogens is 3. The van der Waals surface area contributed by atoms with Gasteiger partial charge in [0.05, 0.1) is 12.2 Å². The lowest BCUT2D eigenvalue weighted by atomic mass is 10.1. The second-order valence-electron chi connectivity index (χ2n) is 7.33. The minimum Gasteiger partial charge on any atom is -0.489 e. The van der Waals surface area contributed by atoms with Crippen LogP contribution in [0.3, 0.4) is 0 Å². The zero-order chi connectivity index (χ0) is 25.0. The highest BCUT2D eigenvalue weighted by Crippen LogP contribution is 2.32. The van der Waals surface area contributed by atoms with E-state index >= 15 is 0 Å². The Balaban J connectivity index is 1.96. The molecule has 1 atom stereocenters. The zero-order valence-corrected chi connectivity index (χ0v) is 19.7. The van der Waals surface area contributed by atoms with Crippen LogP contribution in [0.25, 0.3) is 0 Å². The molecule has 13 heteroatoms. The summed E-state index contributed by atoms with van der Waals surface area (Å²) in [4.78, 5) is 16.9. The molecule has 0 aliphatic carbocycles. The van der Waals surface area contributed by atoms with Crippen LogP contribution >= 0.6 is 12.8 Å². The molecule has 0 aliphatic rings. The third-order valence-corrected chi connectivity index (χ3v) is 6.72. The van der Waals surface area contributed by atoms with Gasteiger partial charge in [-0.15, -0.1) is 0 Å². The largest absolute Gasteiger partial charge is 0.489 e. The molecule has 1 amide bonds. The number of nitrogens with one attached hydrogen (secondary N) is 2. The molecule has 8 nitrogen and oxygen atoms in total. The van der Waals surface area contributed by atoms with Crippen LogP contribution in [0.1, 0.15) is 41.0 Å². The van der Waals surface area contributed by atoms with Crippen LogP contribution in [0, 0.1) is 5.82 Å². The number of ether oxygens (including phenoxy) is 1. The number of sulfonamides is 1. The predicted molar refractivity (Wildman–Crippen MR) is 122 cm³/mol. The fourth-order valence-corrected chi connectivity index (χ4v) is 4.25. The number of hydrogen-bond donors (Lipinski definition) is 3. The van der Waals surface area contributed by atoms with Crippen LogP contribution in [0.15, 0.2) is 53.7 Å². The van der Waals surface area contributed by atoms with Crippen molar-refractivity contribution in [3.63, 3.8) is 0 Å². The Morgan fingerprint density at radius 1 is 1.26 bits per heavy atom. The van der Waals surface area contributed by atoms with Crippen molar-refractivity contribution >= 4 is 34.4 Å². The van der Waals surface area contributed by atoms with E-state index in [0.717, 1.165) is 24.4 Å². The number of amides is 1. The number of aromatic nitrogens is 2. The molecule has 0 spiro atoms. The Kier molecular flexibility index (Phi) is 7.89. The van der Waals surface area contributed by atoms with Crippen LogP contribution in [-0.2, 0) is 17.1 Å². The number of alkyl halides is 2. The quantitative estimate of drug-likeness (QED) is 0.374. The van der Waals surface area contributed by atoms with Gasteiger partial charge < -0.3 is 14.6 Å². The van der Waals surface area contributed by atoms with E-state index in [2.05, 4.69) is 23.1 Å². The number of hydrogen-bond acceptors (Lipinski definition) is 6. The molecule has 34 heavy (non-hydrogen) atoms. The maximum absolute atomic E-state index is 13.6. The first-order valence-electron chi connectivity index (χ1n) is 9.83. The Morgan fingerprint density at radius 3 is 2.62 bits per heavy atom. The van der Waals surface area contributed by atoms with Gasteiger partial charge in [0.15, 0.2) is 11.4 Å². The maximum Gasteiger partial charge on any atom is 0.276 e. The highest BCUT2D eigenvalue weighted by Gasteiger charge is 2.30. The van der Waals surface area contributed by atoms with E-state index in [4.69, 9.17) is 4.74 Å². The van der Waals surface area contributed by atoms with Gasteiger partial charge in [-0.3, -0.25) is 9.78 Å². The molecule has 3 aromatic rings. The topological polar surface area (TPSA) is 102 Å². The summed E-state index contributed by atoms with van der Waals surface area (Å²) < 4.78 is 73.5. The number of thiol groups is 1. The molecule has 0 bridgehead atoms. The van der Waals surface area contributed by atoms with Crippen molar-refractivity contribution in [3.05, 3.63) is 71.6 Å². The molecule has 0 saturated heterocycles. The second kappa shape index (κ2) is 10.5. The van der Waals surface area contributed by atoms with Gasteiger partial charge >= 0.3 is 0 Å². The molecule has 1 aromatic carbocycles. The number of pyridine rings is 1. The van der Waals surface area contributed by atoms with Gasteiger partial charge in [-0.1, -0.05) is 25.8 Å². The van der Waals surface area contributed by atoms with Crippen LogP contribution < -0.4 is 14.2 Å². The van der Waals surface area contributed by atoms with E-state index in [1.54, 1.807) is 31.3 Å². The van der Waals surface area contributed by atoms with Gasteiger partial charge in [-0.25, -0.2) is 21.6 Å². The molecule has 0 saturated carbocycles. The number of carbonyl (C=O) groups excluding carboxylic acids is 1. The Morgan fingerprint density at radius 2 is 2.00 bits per heavy atom. The van der Waals surface area contributed by atoms with E-state index in [1.165, 1.54) is 11.6 Å². The molecular formula is C21H21F3N4O4S2. The van der Waals surface area contributed by atoms with Crippen molar-refractivity contribution in [2.24, 2.45) is 7.05 Å². The lowest BCUT2D eigenvalue weighted by Gasteiger charge is -2.15. The summed E-state index contributed by atoms with van der Waals surface area (Å²) in [5, 5.41) is 2.38. The number of nitrogens with zero attached hydrogens (tertiary/aromatic N) is 2. The normalized spacial score (nSPS) is 12.6. The highest BCUT2D eigenvalue weighted by atomic mass is 32.3. The maximum atomic E-state index is 13.6. The van der Waals surface area contributed by atoms with Gasteiger partial charge in [0.1, 0.15) is 10.7 Å². The average molecular weight is 515 g/mol. The molecule has 0 radical (unpaired) electrons. The molecule has 0 aliphatic heterocycles. The summed E-state index contributed by atoms with van der Waals surface area (Å²) in [7, 11) is -2.74. The third-order valence-electron chi connectivity index (χ3n) is 4.89. The number of carbonyl (C=O) groups is 1. The van der Waals surface area contributed by atoms with Crippen LogP contribution in [-0.4, -0.2) is 30.5 Å². The first-order valence-corrected chi connectivity index (χ1v) is 11.8. The summed E-state index contributed by atoms with van der Waals surface area (Å²) in [5.41, 5.74) is -0.495. The van der Waals surface area contributed by atoms with Crippen molar-refractivity contribution in [1.82, 2.24) is 13.7 Å². The summed E-state index contributed by atoms with van der Waals surface area (Å²) in [6, 6.07) is 8.02.